The highest BCUT2D eigenvalue weighted by Gasteiger charge is 2.35. The molecule has 3 amide bonds. The lowest BCUT2D eigenvalue weighted by Crippen LogP contribution is -2.27. The first-order valence-corrected chi connectivity index (χ1v) is 14.1. The summed E-state index contributed by atoms with van der Waals surface area (Å²) in [4.78, 5) is 37.6. The summed E-state index contributed by atoms with van der Waals surface area (Å²) in [6.07, 6.45) is 1.48. The van der Waals surface area contributed by atoms with Gasteiger partial charge in [-0.1, -0.05) is 46.9 Å². The normalized spacial score (nSPS) is 14.7. The third-order valence-corrected chi connectivity index (χ3v) is 8.31. The number of carbonyl (C=O) groups is 3. The van der Waals surface area contributed by atoms with E-state index >= 15 is 0 Å². The molecule has 38 heavy (non-hydrogen) atoms. The van der Waals surface area contributed by atoms with Crippen LogP contribution in [0.25, 0.3) is 6.08 Å². The van der Waals surface area contributed by atoms with Crippen molar-refractivity contribution in [2.24, 2.45) is 0 Å². The van der Waals surface area contributed by atoms with Crippen LogP contribution in [0.15, 0.2) is 70.5 Å². The number of hydrogen-bond donors (Lipinski definition) is 1. The van der Waals surface area contributed by atoms with Crippen LogP contribution in [0.3, 0.4) is 0 Å². The zero-order valence-corrected chi connectivity index (χ0v) is 23.3. The van der Waals surface area contributed by atoms with Gasteiger partial charge in [0, 0.05) is 12.6 Å². The van der Waals surface area contributed by atoms with Gasteiger partial charge in [0.1, 0.15) is 4.90 Å². The Labute approximate surface area is 237 Å². The van der Waals surface area contributed by atoms with Crippen LogP contribution >= 0.6 is 46.6 Å². The number of imide groups is 1. The standard InChI is InChI=1S/C25H17Cl3N2O6S2/c1-14(31)29-17-4-6-18(7-5-17)38(34,35)36-22-9-3-15(10-21(22)28)12-23-24(32)30(25(33)37-23)13-16-2-8-19(26)20(27)11-16/h2-12H,13H2,1H3,(H,29,31)/b23-12-. The molecule has 1 heterocycles. The molecule has 196 valence electrons. The van der Waals surface area contributed by atoms with Crippen molar-refractivity contribution >= 4 is 85.5 Å². The molecule has 1 fully saturated rings. The van der Waals surface area contributed by atoms with Gasteiger partial charge in [-0.3, -0.25) is 19.3 Å². The molecule has 0 spiro atoms. The minimum Gasteiger partial charge on any atom is -0.377 e. The summed E-state index contributed by atoms with van der Waals surface area (Å²) in [5.74, 6) is -0.907. The van der Waals surface area contributed by atoms with Gasteiger partial charge in [0.05, 0.1) is 26.5 Å². The molecular weight excluding hydrogens is 595 g/mol. The third kappa shape index (κ3) is 6.51. The predicted octanol–water partition coefficient (Wildman–Crippen LogP) is 6.61. The number of anilines is 1. The van der Waals surface area contributed by atoms with E-state index in [9.17, 15) is 22.8 Å². The highest BCUT2D eigenvalue weighted by atomic mass is 35.5. The second-order valence-electron chi connectivity index (χ2n) is 7.95. The fourth-order valence-corrected chi connectivity index (χ4v) is 5.74. The molecule has 1 aliphatic heterocycles. The molecule has 0 saturated carbocycles. The van der Waals surface area contributed by atoms with Gasteiger partial charge in [-0.25, -0.2) is 0 Å². The molecule has 0 bridgehead atoms. The summed E-state index contributed by atoms with van der Waals surface area (Å²) in [5.41, 5.74) is 1.53. The molecule has 3 aromatic rings. The van der Waals surface area contributed by atoms with E-state index in [1.807, 2.05) is 0 Å². The summed E-state index contributed by atoms with van der Waals surface area (Å²) in [7, 11) is -4.22. The largest absolute Gasteiger partial charge is 0.377 e. The number of carbonyl (C=O) groups excluding carboxylic acids is 3. The van der Waals surface area contributed by atoms with Crippen molar-refractivity contribution in [3.05, 3.63) is 91.8 Å². The molecule has 13 heteroatoms. The predicted molar refractivity (Wildman–Crippen MR) is 148 cm³/mol. The van der Waals surface area contributed by atoms with Crippen molar-refractivity contribution in [3.8, 4) is 5.75 Å². The lowest BCUT2D eigenvalue weighted by molar-refractivity contribution is -0.123. The maximum Gasteiger partial charge on any atom is 0.339 e. The Morgan fingerprint density at radius 3 is 2.32 bits per heavy atom. The Kier molecular flexibility index (Phi) is 8.39. The van der Waals surface area contributed by atoms with Crippen LogP contribution in [0.5, 0.6) is 5.75 Å². The monoisotopic (exact) mass is 610 g/mol. The topological polar surface area (TPSA) is 110 Å². The lowest BCUT2D eigenvalue weighted by Gasteiger charge is -2.13. The van der Waals surface area contributed by atoms with Crippen LogP contribution in [0.1, 0.15) is 18.1 Å². The minimum absolute atomic E-state index is 0.0211. The Morgan fingerprint density at radius 1 is 0.974 bits per heavy atom. The summed E-state index contributed by atoms with van der Waals surface area (Å²) in [5, 5.41) is 2.75. The van der Waals surface area contributed by atoms with Gasteiger partial charge < -0.3 is 9.50 Å². The Morgan fingerprint density at radius 2 is 1.68 bits per heavy atom. The fourth-order valence-electron chi connectivity index (χ4n) is 3.36. The van der Waals surface area contributed by atoms with E-state index in [0.29, 0.717) is 26.9 Å². The highest BCUT2D eigenvalue weighted by molar-refractivity contribution is 8.18. The molecule has 0 unspecified atom stereocenters. The van der Waals surface area contributed by atoms with Crippen LogP contribution in [0.2, 0.25) is 15.1 Å². The molecule has 4 rings (SSSR count). The number of amides is 3. The summed E-state index contributed by atoms with van der Waals surface area (Å²) in [6.45, 7) is 1.36. The zero-order valence-electron chi connectivity index (χ0n) is 19.4. The van der Waals surface area contributed by atoms with Crippen molar-refractivity contribution in [2.75, 3.05) is 5.32 Å². The Bertz CT molecular complexity index is 1590. The fraction of sp³-hybridized carbons (Fsp3) is 0.0800. The van der Waals surface area contributed by atoms with E-state index in [1.54, 1.807) is 18.2 Å². The maximum atomic E-state index is 12.9. The van der Waals surface area contributed by atoms with Gasteiger partial charge in [-0.15, -0.1) is 0 Å². The number of thioether (sulfide) groups is 1. The number of rotatable bonds is 7. The summed E-state index contributed by atoms with van der Waals surface area (Å²) < 4.78 is 30.5. The first-order chi connectivity index (χ1) is 17.9. The van der Waals surface area contributed by atoms with Crippen LogP contribution in [0.4, 0.5) is 10.5 Å². The van der Waals surface area contributed by atoms with E-state index in [4.69, 9.17) is 39.0 Å². The van der Waals surface area contributed by atoms with Gasteiger partial charge in [0.25, 0.3) is 11.1 Å². The molecule has 0 aromatic heterocycles. The molecule has 8 nitrogen and oxygen atoms in total. The van der Waals surface area contributed by atoms with Crippen LogP contribution < -0.4 is 9.50 Å². The number of hydrogen-bond acceptors (Lipinski definition) is 7. The van der Waals surface area contributed by atoms with Crippen molar-refractivity contribution in [2.45, 2.75) is 18.4 Å². The highest BCUT2D eigenvalue weighted by Crippen LogP contribution is 2.36. The van der Waals surface area contributed by atoms with Gasteiger partial charge in [0.2, 0.25) is 5.91 Å². The number of benzene rings is 3. The molecule has 0 aliphatic carbocycles. The third-order valence-electron chi connectivity index (χ3n) is 5.11. The minimum atomic E-state index is -4.22. The first-order valence-electron chi connectivity index (χ1n) is 10.7. The quantitative estimate of drug-likeness (QED) is 0.236. The van der Waals surface area contributed by atoms with Crippen molar-refractivity contribution in [1.29, 1.82) is 0 Å². The van der Waals surface area contributed by atoms with E-state index in [2.05, 4.69) is 5.32 Å². The van der Waals surface area contributed by atoms with E-state index in [1.165, 1.54) is 55.5 Å². The molecule has 3 aromatic carbocycles. The van der Waals surface area contributed by atoms with Gasteiger partial charge in [-0.2, -0.15) is 8.42 Å². The molecule has 1 N–H and O–H groups in total. The van der Waals surface area contributed by atoms with Crippen molar-refractivity contribution in [3.63, 3.8) is 0 Å². The van der Waals surface area contributed by atoms with Crippen LogP contribution in [-0.2, 0) is 26.3 Å². The second kappa shape index (κ2) is 11.4. The zero-order chi connectivity index (χ0) is 27.6. The number of halogens is 3. The number of nitrogens with zero attached hydrogens (tertiary/aromatic N) is 1. The maximum absolute atomic E-state index is 12.9. The van der Waals surface area contributed by atoms with Crippen LogP contribution in [-0.4, -0.2) is 30.4 Å². The van der Waals surface area contributed by atoms with Gasteiger partial charge >= 0.3 is 10.1 Å². The average Bonchev–Trinajstić information content (AvgIpc) is 3.10. The smallest absolute Gasteiger partial charge is 0.339 e. The molecule has 1 aliphatic rings. The van der Waals surface area contributed by atoms with E-state index in [-0.39, 0.29) is 33.0 Å². The van der Waals surface area contributed by atoms with E-state index in [0.717, 1.165) is 16.7 Å². The Balaban J connectivity index is 1.48. The van der Waals surface area contributed by atoms with E-state index < -0.39 is 21.3 Å². The molecule has 0 atom stereocenters. The molecule has 0 radical (unpaired) electrons. The van der Waals surface area contributed by atoms with Gasteiger partial charge in [-0.05, 0) is 77.5 Å². The van der Waals surface area contributed by atoms with Crippen LogP contribution in [0, 0.1) is 0 Å². The lowest BCUT2D eigenvalue weighted by atomic mass is 10.2. The second-order valence-corrected chi connectivity index (χ2v) is 11.7. The Hall–Kier alpha value is -3.02. The molecular formula is C25H17Cl3N2O6S2. The van der Waals surface area contributed by atoms with Crippen molar-refractivity contribution < 1.29 is 27.0 Å². The van der Waals surface area contributed by atoms with Gasteiger partial charge in [0.15, 0.2) is 5.75 Å². The summed E-state index contributed by atoms with van der Waals surface area (Å²) in [6, 6.07) is 14.5. The molecule has 1 saturated heterocycles. The average molecular weight is 612 g/mol. The first kappa shape index (κ1) is 28.0. The SMILES string of the molecule is CC(=O)Nc1ccc(S(=O)(=O)Oc2ccc(/C=C3\SC(=O)N(Cc4ccc(Cl)c(Cl)c4)C3=O)cc2Cl)cc1. The summed E-state index contributed by atoms with van der Waals surface area (Å²) >= 11 is 19.0. The number of nitrogens with one attached hydrogen (secondary N) is 1. The van der Waals surface area contributed by atoms with Crippen molar-refractivity contribution in [1.82, 2.24) is 4.90 Å².